The number of nitrogens with two attached hydrogens (primary N) is 1. The summed E-state index contributed by atoms with van der Waals surface area (Å²) in [6.45, 7) is 0. The summed E-state index contributed by atoms with van der Waals surface area (Å²) in [4.78, 5) is 23.9. The summed E-state index contributed by atoms with van der Waals surface area (Å²) >= 11 is 7.34. The number of nitrogen functional groups attached to an aromatic ring is 1. The molecule has 0 aliphatic rings. The van der Waals surface area contributed by atoms with Crippen molar-refractivity contribution in [3.63, 3.8) is 0 Å². The molecule has 0 radical (unpaired) electrons. The first-order chi connectivity index (χ1) is 16.4. The summed E-state index contributed by atoms with van der Waals surface area (Å²) < 4.78 is 5.90. The maximum Gasteiger partial charge on any atom is 0.293 e. The lowest BCUT2D eigenvalue weighted by molar-refractivity contribution is -0.384. The van der Waals surface area contributed by atoms with Crippen LogP contribution in [0.5, 0.6) is 0 Å². The van der Waals surface area contributed by atoms with Gasteiger partial charge in [0.25, 0.3) is 11.6 Å². The number of rotatable bonds is 8. The van der Waals surface area contributed by atoms with Gasteiger partial charge in [0.1, 0.15) is 0 Å². The van der Waals surface area contributed by atoms with Crippen LogP contribution in [0.3, 0.4) is 0 Å². The summed E-state index contributed by atoms with van der Waals surface area (Å²) in [5.41, 5.74) is 9.02. The van der Waals surface area contributed by atoms with Crippen molar-refractivity contribution in [2.24, 2.45) is 5.10 Å². The largest absolute Gasteiger partial charge is 0.378 e. The van der Waals surface area contributed by atoms with E-state index in [1.54, 1.807) is 12.1 Å². The second-order valence-corrected chi connectivity index (χ2v) is 8.05. The third kappa shape index (κ3) is 5.19. The minimum Gasteiger partial charge on any atom is -0.378 e. The Kier molecular flexibility index (Phi) is 6.79. The molecule has 0 saturated heterocycles. The molecule has 0 aliphatic heterocycles. The van der Waals surface area contributed by atoms with Crippen molar-refractivity contribution in [1.82, 2.24) is 30.7 Å². The first-order valence-electron chi connectivity index (χ1n) is 9.41. The number of thioether (sulfide) groups is 1. The van der Waals surface area contributed by atoms with Crippen molar-refractivity contribution in [3.8, 4) is 5.82 Å². The topological polar surface area (TPSA) is 180 Å². The van der Waals surface area contributed by atoms with Crippen LogP contribution in [0.4, 0.5) is 11.5 Å². The molecule has 1 amide bonds. The zero-order valence-corrected chi connectivity index (χ0v) is 18.6. The van der Waals surface area contributed by atoms with Gasteiger partial charge in [0.15, 0.2) is 5.69 Å². The average Bonchev–Trinajstić information content (AvgIpc) is 3.44. The maximum atomic E-state index is 12.8. The van der Waals surface area contributed by atoms with E-state index < -0.39 is 10.8 Å². The Morgan fingerprint density at radius 1 is 1.24 bits per heavy atom. The van der Waals surface area contributed by atoms with Gasteiger partial charge in [-0.15, -0.1) is 16.9 Å². The molecule has 0 bridgehead atoms. The lowest BCUT2D eigenvalue weighted by Crippen LogP contribution is -2.20. The molecule has 15 heteroatoms. The average molecular weight is 500 g/mol. The number of nitrogens with one attached hydrogen (secondary N) is 1. The Balaban J connectivity index is 1.54. The summed E-state index contributed by atoms with van der Waals surface area (Å²) in [5, 5.41) is 30.4. The number of hydrogen-bond acceptors (Lipinski definition) is 11. The van der Waals surface area contributed by atoms with E-state index >= 15 is 0 Å². The van der Waals surface area contributed by atoms with Gasteiger partial charge >= 0.3 is 0 Å². The lowest BCUT2D eigenvalue weighted by Gasteiger charge is -2.06. The second-order valence-electron chi connectivity index (χ2n) is 6.56. The highest BCUT2D eigenvalue weighted by Gasteiger charge is 2.24. The van der Waals surface area contributed by atoms with Crippen LogP contribution >= 0.6 is 23.4 Å². The van der Waals surface area contributed by atoms with E-state index in [4.69, 9.17) is 17.3 Å². The third-order valence-electron chi connectivity index (χ3n) is 4.35. The van der Waals surface area contributed by atoms with Crippen LogP contribution in [-0.2, 0) is 5.75 Å². The van der Waals surface area contributed by atoms with Gasteiger partial charge in [-0.3, -0.25) is 14.9 Å². The molecule has 2 aromatic heterocycles. The summed E-state index contributed by atoms with van der Waals surface area (Å²) in [5.74, 6) is -0.292. The van der Waals surface area contributed by atoms with Crippen molar-refractivity contribution < 1.29 is 14.3 Å². The zero-order chi connectivity index (χ0) is 24.1. The van der Waals surface area contributed by atoms with Gasteiger partial charge in [0, 0.05) is 27.8 Å². The molecule has 2 aromatic carbocycles. The maximum absolute atomic E-state index is 12.8. The molecule has 13 nitrogen and oxygen atoms in total. The molecule has 4 aromatic rings. The number of anilines is 1. The molecule has 0 atom stereocenters. The molecule has 172 valence electrons. The number of aromatic nitrogens is 5. The van der Waals surface area contributed by atoms with Crippen molar-refractivity contribution in [2.45, 2.75) is 10.6 Å². The number of hydrazone groups is 1. The van der Waals surface area contributed by atoms with E-state index in [0.717, 1.165) is 4.90 Å². The lowest BCUT2D eigenvalue weighted by atomic mass is 10.2. The van der Waals surface area contributed by atoms with Crippen molar-refractivity contribution in [2.75, 3.05) is 5.73 Å². The van der Waals surface area contributed by atoms with Gasteiger partial charge in [0.2, 0.25) is 11.6 Å². The van der Waals surface area contributed by atoms with E-state index in [9.17, 15) is 14.9 Å². The fraction of sp³-hybridized carbons (Fsp3) is 0.0526. The summed E-state index contributed by atoms with van der Waals surface area (Å²) in [6, 6.07) is 12.8. The van der Waals surface area contributed by atoms with Crippen LogP contribution in [-0.4, -0.2) is 42.4 Å². The van der Waals surface area contributed by atoms with Crippen LogP contribution < -0.4 is 11.2 Å². The Bertz CT molecular complexity index is 1350. The van der Waals surface area contributed by atoms with Crippen LogP contribution in [0, 0.1) is 10.1 Å². The van der Waals surface area contributed by atoms with Gasteiger partial charge in [-0.25, -0.2) is 10.1 Å². The molecular weight excluding hydrogens is 486 g/mol. The molecule has 0 saturated carbocycles. The molecule has 2 heterocycles. The van der Waals surface area contributed by atoms with Crippen molar-refractivity contribution in [3.05, 3.63) is 80.6 Å². The molecule has 34 heavy (non-hydrogen) atoms. The molecule has 0 spiro atoms. The van der Waals surface area contributed by atoms with Crippen LogP contribution in [0.25, 0.3) is 5.82 Å². The number of nitro groups is 1. The predicted molar refractivity (Wildman–Crippen MR) is 123 cm³/mol. The highest BCUT2D eigenvalue weighted by molar-refractivity contribution is 7.98. The molecular formula is C19H14ClN9O4S. The first-order valence-corrected chi connectivity index (χ1v) is 10.8. The van der Waals surface area contributed by atoms with E-state index in [1.165, 1.54) is 46.9 Å². The first kappa shape index (κ1) is 22.9. The summed E-state index contributed by atoms with van der Waals surface area (Å²) in [7, 11) is 0. The van der Waals surface area contributed by atoms with Crippen molar-refractivity contribution in [1.29, 1.82) is 0 Å². The number of amides is 1. The monoisotopic (exact) mass is 499 g/mol. The van der Waals surface area contributed by atoms with Gasteiger partial charge in [-0.2, -0.15) is 9.78 Å². The van der Waals surface area contributed by atoms with Gasteiger partial charge < -0.3 is 5.73 Å². The Morgan fingerprint density at radius 2 is 1.97 bits per heavy atom. The van der Waals surface area contributed by atoms with E-state index in [2.05, 4.69) is 35.8 Å². The zero-order valence-electron chi connectivity index (χ0n) is 17.0. The Hall–Kier alpha value is -4.30. The van der Waals surface area contributed by atoms with E-state index in [-0.39, 0.29) is 28.8 Å². The molecule has 0 fully saturated rings. The predicted octanol–water partition coefficient (Wildman–Crippen LogP) is 2.85. The number of nitrogens with zero attached hydrogens (tertiary/aromatic N) is 7. The van der Waals surface area contributed by atoms with Gasteiger partial charge in [0.05, 0.1) is 16.8 Å². The Labute approximate surface area is 200 Å². The number of hydrogen-bond donors (Lipinski definition) is 2. The van der Waals surface area contributed by atoms with Gasteiger partial charge in [-0.05, 0) is 52.3 Å². The fourth-order valence-corrected chi connectivity index (χ4v) is 3.72. The number of carbonyl (C=O) groups is 1. The van der Waals surface area contributed by atoms with Crippen LogP contribution in [0.1, 0.15) is 21.7 Å². The number of benzene rings is 2. The quantitative estimate of drug-likeness (QED) is 0.158. The standard InChI is InChI=1S/C19H14ClN9O4S/c20-12-3-7-14(8-4-12)34-10-15-16(23-27-28(15)18-17(21)25-33-26-18)19(30)24-22-9-11-1-5-13(6-2-11)29(31)32/h1-9H,10H2,(H2,21,25)(H,24,30)/b22-9-. The summed E-state index contributed by atoms with van der Waals surface area (Å²) in [6.07, 6.45) is 1.34. The Morgan fingerprint density at radius 3 is 2.62 bits per heavy atom. The molecule has 4 rings (SSSR count). The number of carbonyl (C=O) groups excluding carboxylic acids is 1. The fourth-order valence-electron chi connectivity index (χ4n) is 2.70. The highest BCUT2D eigenvalue weighted by Crippen LogP contribution is 2.27. The number of halogens is 1. The number of nitro benzene ring substituents is 1. The normalized spacial score (nSPS) is 11.1. The SMILES string of the molecule is Nc1nonc1-n1nnc(C(=O)N/N=C\c2ccc([N+](=O)[O-])cc2)c1CSc1ccc(Cl)cc1. The van der Waals surface area contributed by atoms with Gasteiger partial charge in [-0.1, -0.05) is 16.8 Å². The smallest absolute Gasteiger partial charge is 0.293 e. The van der Waals surface area contributed by atoms with E-state index in [0.29, 0.717) is 16.3 Å². The molecule has 0 aliphatic carbocycles. The van der Waals surface area contributed by atoms with E-state index in [1.807, 2.05) is 12.1 Å². The minimum absolute atomic E-state index is 0.00952. The second kappa shape index (κ2) is 10.1. The molecule has 3 N–H and O–H groups in total. The highest BCUT2D eigenvalue weighted by atomic mass is 35.5. The van der Waals surface area contributed by atoms with Crippen molar-refractivity contribution >= 4 is 47.0 Å². The van der Waals surface area contributed by atoms with Crippen LogP contribution in [0.2, 0.25) is 5.02 Å². The number of non-ortho nitro benzene ring substituents is 1. The minimum atomic E-state index is -0.633. The van der Waals surface area contributed by atoms with Crippen LogP contribution in [0.15, 0.2) is 63.2 Å². The molecule has 0 unspecified atom stereocenters. The third-order valence-corrected chi connectivity index (χ3v) is 5.62.